The Morgan fingerprint density at radius 2 is 0.717 bits per heavy atom. The lowest BCUT2D eigenvalue weighted by Crippen LogP contribution is -2.02. The minimum absolute atomic E-state index is 0.634. The quantitative estimate of drug-likeness (QED) is 0.194. The fourth-order valence-electron chi connectivity index (χ4n) is 6.05. The van der Waals surface area contributed by atoms with Crippen molar-refractivity contribution < 1.29 is 0 Å². The van der Waals surface area contributed by atoms with Crippen LogP contribution >= 0.6 is 0 Å². The SMILES string of the molecule is c1ccc(-c2cccc(-c3nc(-c4cccc(-c5ccccc5)c4)nc(-c4c(-c5ccccc5)ccc5ccccc45)n3)c2)cc1. The largest absolute Gasteiger partial charge is 0.208 e. The summed E-state index contributed by atoms with van der Waals surface area (Å²) in [6, 6.07) is 61.0. The van der Waals surface area contributed by atoms with E-state index in [9.17, 15) is 0 Å². The van der Waals surface area contributed by atoms with Crippen molar-refractivity contribution in [1.29, 1.82) is 0 Å². The third kappa shape index (κ3) is 5.36. The standard InChI is InChI=1S/C43H29N3/c1-4-14-30(15-5-1)34-21-12-23-36(28-34)41-44-42(37-24-13-22-35(29-37)31-16-6-2-7-17-31)46-43(45-41)40-38-25-11-10-20-33(38)26-27-39(40)32-18-8-3-9-19-32/h1-29H. The summed E-state index contributed by atoms with van der Waals surface area (Å²) in [5.41, 5.74) is 9.59. The van der Waals surface area contributed by atoms with E-state index in [1.54, 1.807) is 0 Å². The Hall–Kier alpha value is -6.19. The van der Waals surface area contributed by atoms with Gasteiger partial charge in [-0.1, -0.05) is 164 Å². The highest BCUT2D eigenvalue weighted by Crippen LogP contribution is 2.38. The van der Waals surface area contributed by atoms with Crippen molar-refractivity contribution in [2.45, 2.75) is 0 Å². The van der Waals surface area contributed by atoms with Gasteiger partial charge in [-0.05, 0) is 56.3 Å². The first-order valence-corrected chi connectivity index (χ1v) is 15.5. The molecule has 0 radical (unpaired) electrons. The predicted molar refractivity (Wildman–Crippen MR) is 190 cm³/mol. The number of nitrogens with zero attached hydrogens (tertiary/aromatic N) is 3. The van der Waals surface area contributed by atoms with Crippen LogP contribution in [0.25, 0.3) is 78.3 Å². The molecule has 0 unspecified atom stereocenters. The molecule has 7 aromatic carbocycles. The van der Waals surface area contributed by atoms with Gasteiger partial charge in [-0.15, -0.1) is 0 Å². The molecule has 0 bridgehead atoms. The number of benzene rings is 7. The van der Waals surface area contributed by atoms with E-state index in [2.05, 4.69) is 158 Å². The van der Waals surface area contributed by atoms with Gasteiger partial charge in [-0.2, -0.15) is 0 Å². The van der Waals surface area contributed by atoms with Crippen LogP contribution in [0.2, 0.25) is 0 Å². The molecule has 216 valence electrons. The molecule has 0 saturated carbocycles. The van der Waals surface area contributed by atoms with Crippen LogP contribution in [0, 0.1) is 0 Å². The molecule has 46 heavy (non-hydrogen) atoms. The molecule has 8 aromatic rings. The van der Waals surface area contributed by atoms with Gasteiger partial charge in [-0.25, -0.2) is 15.0 Å². The van der Waals surface area contributed by atoms with E-state index in [-0.39, 0.29) is 0 Å². The van der Waals surface area contributed by atoms with Crippen LogP contribution in [0.3, 0.4) is 0 Å². The monoisotopic (exact) mass is 587 g/mol. The van der Waals surface area contributed by atoms with E-state index in [1.165, 1.54) is 0 Å². The molecule has 0 aliphatic carbocycles. The topological polar surface area (TPSA) is 38.7 Å². The maximum Gasteiger partial charge on any atom is 0.165 e. The predicted octanol–water partition coefficient (Wildman–Crippen LogP) is 11.0. The van der Waals surface area contributed by atoms with E-state index in [0.29, 0.717) is 17.5 Å². The summed E-state index contributed by atoms with van der Waals surface area (Å²) in [6.45, 7) is 0. The van der Waals surface area contributed by atoms with Gasteiger partial charge in [0.15, 0.2) is 17.5 Å². The molecule has 0 N–H and O–H groups in total. The molecule has 0 saturated heterocycles. The van der Waals surface area contributed by atoms with Crippen molar-refractivity contribution in [3.05, 3.63) is 176 Å². The summed E-state index contributed by atoms with van der Waals surface area (Å²) in [7, 11) is 0. The molecule has 0 atom stereocenters. The summed E-state index contributed by atoms with van der Waals surface area (Å²) in [4.78, 5) is 15.6. The summed E-state index contributed by atoms with van der Waals surface area (Å²) in [5.74, 6) is 1.91. The van der Waals surface area contributed by atoms with Crippen LogP contribution in [-0.4, -0.2) is 15.0 Å². The molecule has 3 heteroatoms. The van der Waals surface area contributed by atoms with Crippen LogP contribution in [0.4, 0.5) is 0 Å². The van der Waals surface area contributed by atoms with Crippen molar-refractivity contribution in [3.8, 4) is 67.5 Å². The first-order valence-electron chi connectivity index (χ1n) is 15.5. The first kappa shape index (κ1) is 27.4. The van der Waals surface area contributed by atoms with Crippen molar-refractivity contribution in [2.75, 3.05) is 0 Å². The molecule has 3 nitrogen and oxygen atoms in total. The van der Waals surface area contributed by atoms with Crippen LogP contribution in [0.15, 0.2) is 176 Å². The van der Waals surface area contributed by atoms with Gasteiger partial charge in [0.05, 0.1) is 0 Å². The first-order chi connectivity index (χ1) is 22.8. The summed E-state index contributed by atoms with van der Waals surface area (Å²) >= 11 is 0. The molecule has 0 aliphatic heterocycles. The molecule has 1 aromatic heterocycles. The number of aromatic nitrogens is 3. The molecule has 0 aliphatic rings. The molecular weight excluding hydrogens is 558 g/mol. The van der Waals surface area contributed by atoms with Gasteiger partial charge in [0.1, 0.15) is 0 Å². The average molecular weight is 588 g/mol. The second-order valence-corrected chi connectivity index (χ2v) is 11.3. The third-order valence-electron chi connectivity index (χ3n) is 8.33. The smallest absolute Gasteiger partial charge is 0.165 e. The number of fused-ring (bicyclic) bond motifs is 1. The highest BCUT2D eigenvalue weighted by molar-refractivity contribution is 6.03. The summed E-state index contributed by atoms with van der Waals surface area (Å²) in [6.07, 6.45) is 0. The van der Waals surface area contributed by atoms with Gasteiger partial charge in [0.25, 0.3) is 0 Å². The Balaban J connectivity index is 1.38. The molecule has 8 rings (SSSR count). The van der Waals surface area contributed by atoms with E-state index < -0.39 is 0 Å². The lowest BCUT2D eigenvalue weighted by molar-refractivity contribution is 1.08. The maximum absolute atomic E-state index is 5.23. The van der Waals surface area contributed by atoms with E-state index >= 15 is 0 Å². The lowest BCUT2D eigenvalue weighted by Gasteiger charge is -2.15. The minimum atomic E-state index is 0.634. The number of rotatable bonds is 6. The molecule has 0 spiro atoms. The van der Waals surface area contributed by atoms with Crippen LogP contribution in [0.5, 0.6) is 0 Å². The second-order valence-electron chi connectivity index (χ2n) is 11.3. The molecular formula is C43H29N3. The highest BCUT2D eigenvalue weighted by Gasteiger charge is 2.19. The van der Waals surface area contributed by atoms with Gasteiger partial charge in [-0.3, -0.25) is 0 Å². The summed E-state index contributed by atoms with van der Waals surface area (Å²) < 4.78 is 0. The highest BCUT2D eigenvalue weighted by atomic mass is 15.0. The van der Waals surface area contributed by atoms with Crippen LogP contribution < -0.4 is 0 Å². The zero-order valence-corrected chi connectivity index (χ0v) is 25.1. The average Bonchev–Trinajstić information content (AvgIpc) is 3.15. The third-order valence-corrected chi connectivity index (χ3v) is 8.33. The fraction of sp³-hybridized carbons (Fsp3) is 0. The van der Waals surface area contributed by atoms with E-state index in [1.807, 2.05) is 18.2 Å². The van der Waals surface area contributed by atoms with Crippen LogP contribution in [-0.2, 0) is 0 Å². The van der Waals surface area contributed by atoms with Crippen molar-refractivity contribution in [3.63, 3.8) is 0 Å². The number of hydrogen-bond donors (Lipinski definition) is 0. The van der Waals surface area contributed by atoms with Crippen molar-refractivity contribution in [1.82, 2.24) is 15.0 Å². The van der Waals surface area contributed by atoms with Gasteiger partial charge in [0.2, 0.25) is 0 Å². The van der Waals surface area contributed by atoms with Crippen molar-refractivity contribution >= 4 is 10.8 Å². The number of hydrogen-bond acceptors (Lipinski definition) is 3. The minimum Gasteiger partial charge on any atom is -0.208 e. The Labute approximate surface area is 268 Å². The van der Waals surface area contributed by atoms with Gasteiger partial charge in [0, 0.05) is 16.7 Å². The van der Waals surface area contributed by atoms with Crippen LogP contribution in [0.1, 0.15) is 0 Å². The maximum atomic E-state index is 5.23. The normalized spacial score (nSPS) is 11.0. The Kier molecular flexibility index (Phi) is 7.18. The van der Waals surface area contributed by atoms with E-state index in [4.69, 9.17) is 15.0 Å². The summed E-state index contributed by atoms with van der Waals surface area (Å²) in [5, 5.41) is 2.24. The Bertz CT molecular complexity index is 2190. The zero-order valence-electron chi connectivity index (χ0n) is 25.1. The Morgan fingerprint density at radius 1 is 0.283 bits per heavy atom. The second kappa shape index (κ2) is 12.1. The zero-order chi connectivity index (χ0) is 30.7. The van der Waals surface area contributed by atoms with Crippen molar-refractivity contribution in [2.24, 2.45) is 0 Å². The van der Waals surface area contributed by atoms with Gasteiger partial charge >= 0.3 is 0 Å². The molecule has 0 amide bonds. The van der Waals surface area contributed by atoms with E-state index in [0.717, 1.165) is 60.8 Å². The Morgan fingerprint density at radius 3 is 1.28 bits per heavy atom. The fourth-order valence-corrected chi connectivity index (χ4v) is 6.05. The van der Waals surface area contributed by atoms with Gasteiger partial charge < -0.3 is 0 Å². The lowest BCUT2D eigenvalue weighted by atomic mass is 9.93. The molecule has 1 heterocycles. The molecule has 0 fully saturated rings.